The van der Waals surface area contributed by atoms with Crippen molar-refractivity contribution in [3.63, 3.8) is 0 Å². The van der Waals surface area contributed by atoms with Crippen LogP contribution in [-0.4, -0.2) is 60.9 Å². The van der Waals surface area contributed by atoms with Crippen LogP contribution in [0.25, 0.3) is 0 Å². The highest BCUT2D eigenvalue weighted by Gasteiger charge is 2.30. The Morgan fingerprint density at radius 1 is 1.36 bits per heavy atom. The number of halogens is 1. The fourth-order valence-corrected chi connectivity index (χ4v) is 2.38. The van der Waals surface area contributed by atoms with Gasteiger partial charge in [0.1, 0.15) is 6.04 Å². The summed E-state index contributed by atoms with van der Waals surface area (Å²) in [5.74, 6) is -0.898. The minimum absolute atomic E-state index is 0.0906. The SMILES string of the molecule is CN1CCN(C(=O)CCOc2ccccc2F)C[C@@H]1C(N)=O. The van der Waals surface area contributed by atoms with Crippen LogP contribution in [0.5, 0.6) is 5.75 Å². The standard InChI is InChI=1S/C15H20FN3O3/c1-18-7-8-19(10-12(18)15(17)21)14(20)6-9-22-13-5-3-2-4-11(13)16/h2-5,12H,6-10H2,1H3,(H2,17,21)/t12-/m1/s1. The molecular weight excluding hydrogens is 289 g/mol. The summed E-state index contributed by atoms with van der Waals surface area (Å²) in [6.45, 7) is 1.50. The van der Waals surface area contributed by atoms with Crippen LogP contribution >= 0.6 is 0 Å². The summed E-state index contributed by atoms with van der Waals surface area (Å²) < 4.78 is 18.6. The van der Waals surface area contributed by atoms with E-state index >= 15 is 0 Å². The highest BCUT2D eigenvalue weighted by molar-refractivity contribution is 5.82. The third kappa shape index (κ3) is 3.94. The zero-order valence-corrected chi connectivity index (χ0v) is 12.5. The van der Waals surface area contributed by atoms with Crippen LogP contribution in [0.3, 0.4) is 0 Å². The van der Waals surface area contributed by atoms with E-state index in [0.29, 0.717) is 13.1 Å². The number of piperazine rings is 1. The lowest BCUT2D eigenvalue weighted by Crippen LogP contribution is -2.58. The number of nitrogens with zero attached hydrogens (tertiary/aromatic N) is 2. The van der Waals surface area contributed by atoms with Crippen molar-refractivity contribution in [2.75, 3.05) is 33.3 Å². The van der Waals surface area contributed by atoms with Gasteiger partial charge in [-0.3, -0.25) is 14.5 Å². The topological polar surface area (TPSA) is 75.9 Å². The fraction of sp³-hybridized carbons (Fsp3) is 0.467. The predicted molar refractivity (Wildman–Crippen MR) is 78.7 cm³/mol. The number of amides is 2. The van der Waals surface area contributed by atoms with Gasteiger partial charge in [-0.1, -0.05) is 12.1 Å². The molecule has 1 saturated heterocycles. The van der Waals surface area contributed by atoms with Gasteiger partial charge in [-0.15, -0.1) is 0 Å². The van der Waals surface area contributed by atoms with Crippen molar-refractivity contribution >= 4 is 11.8 Å². The number of carbonyl (C=O) groups excluding carboxylic acids is 2. The maximum Gasteiger partial charge on any atom is 0.236 e. The zero-order valence-electron chi connectivity index (χ0n) is 12.5. The summed E-state index contributed by atoms with van der Waals surface area (Å²) in [5.41, 5.74) is 5.33. The molecule has 6 nitrogen and oxygen atoms in total. The lowest BCUT2D eigenvalue weighted by atomic mass is 10.1. The van der Waals surface area contributed by atoms with Gasteiger partial charge in [0.05, 0.1) is 13.0 Å². The van der Waals surface area contributed by atoms with Crippen LogP contribution in [-0.2, 0) is 9.59 Å². The van der Waals surface area contributed by atoms with Gasteiger partial charge in [0, 0.05) is 19.6 Å². The largest absolute Gasteiger partial charge is 0.490 e. The number of primary amides is 1. The van der Waals surface area contributed by atoms with E-state index in [2.05, 4.69) is 0 Å². The fourth-order valence-electron chi connectivity index (χ4n) is 2.38. The molecule has 7 heteroatoms. The number of likely N-dealkylation sites (N-methyl/N-ethyl adjacent to an activating group) is 1. The quantitative estimate of drug-likeness (QED) is 0.844. The molecule has 1 aliphatic heterocycles. The molecule has 1 fully saturated rings. The van der Waals surface area contributed by atoms with E-state index in [4.69, 9.17) is 10.5 Å². The van der Waals surface area contributed by atoms with E-state index in [-0.39, 0.29) is 31.2 Å². The Bertz CT molecular complexity index is 553. The Labute approximate surface area is 128 Å². The van der Waals surface area contributed by atoms with E-state index in [9.17, 15) is 14.0 Å². The van der Waals surface area contributed by atoms with Gasteiger partial charge < -0.3 is 15.4 Å². The lowest BCUT2D eigenvalue weighted by molar-refractivity contribution is -0.137. The molecule has 22 heavy (non-hydrogen) atoms. The van der Waals surface area contributed by atoms with Gasteiger partial charge in [0.25, 0.3) is 0 Å². The number of benzene rings is 1. The lowest BCUT2D eigenvalue weighted by Gasteiger charge is -2.37. The van der Waals surface area contributed by atoms with Crippen LogP contribution in [0, 0.1) is 5.82 Å². The summed E-state index contributed by atoms with van der Waals surface area (Å²) in [5, 5.41) is 0. The summed E-state index contributed by atoms with van der Waals surface area (Å²) >= 11 is 0. The first-order chi connectivity index (χ1) is 10.5. The second-order valence-corrected chi connectivity index (χ2v) is 5.27. The molecule has 1 atom stereocenters. The molecule has 0 radical (unpaired) electrons. The zero-order chi connectivity index (χ0) is 16.1. The van der Waals surface area contributed by atoms with Gasteiger partial charge in [-0.2, -0.15) is 0 Å². The van der Waals surface area contributed by atoms with Gasteiger partial charge in [-0.05, 0) is 19.2 Å². The highest BCUT2D eigenvalue weighted by atomic mass is 19.1. The normalized spacial score (nSPS) is 19.0. The molecule has 0 aliphatic carbocycles. The monoisotopic (exact) mass is 309 g/mol. The van der Waals surface area contributed by atoms with E-state index in [1.54, 1.807) is 24.1 Å². The number of hydrogen-bond acceptors (Lipinski definition) is 4. The van der Waals surface area contributed by atoms with Crippen molar-refractivity contribution in [2.24, 2.45) is 5.73 Å². The Morgan fingerprint density at radius 2 is 2.09 bits per heavy atom. The second-order valence-electron chi connectivity index (χ2n) is 5.27. The Hall–Kier alpha value is -2.15. The maximum atomic E-state index is 13.4. The Balaban J connectivity index is 1.82. The first-order valence-electron chi connectivity index (χ1n) is 7.13. The molecule has 2 rings (SSSR count). The van der Waals surface area contributed by atoms with Crippen molar-refractivity contribution in [2.45, 2.75) is 12.5 Å². The number of carbonyl (C=O) groups is 2. The van der Waals surface area contributed by atoms with Gasteiger partial charge in [0.15, 0.2) is 11.6 Å². The van der Waals surface area contributed by atoms with Crippen molar-refractivity contribution in [3.8, 4) is 5.75 Å². The number of ether oxygens (including phenoxy) is 1. The van der Waals surface area contributed by atoms with E-state index in [0.717, 1.165) is 0 Å². The maximum absolute atomic E-state index is 13.4. The van der Waals surface area contributed by atoms with Crippen LogP contribution in [0.1, 0.15) is 6.42 Å². The average molecular weight is 309 g/mol. The third-order valence-electron chi connectivity index (χ3n) is 3.74. The van der Waals surface area contributed by atoms with Crippen molar-refractivity contribution < 1.29 is 18.7 Å². The van der Waals surface area contributed by atoms with E-state index in [1.807, 2.05) is 4.90 Å². The Morgan fingerprint density at radius 3 is 2.77 bits per heavy atom. The summed E-state index contributed by atoms with van der Waals surface area (Å²) in [7, 11) is 1.80. The number of nitrogens with two attached hydrogens (primary N) is 1. The molecule has 0 aromatic heterocycles. The smallest absolute Gasteiger partial charge is 0.236 e. The van der Waals surface area contributed by atoms with Crippen molar-refractivity contribution in [1.29, 1.82) is 0 Å². The second kappa shape index (κ2) is 7.22. The molecule has 1 aliphatic rings. The number of para-hydroxylation sites is 1. The average Bonchev–Trinajstić information content (AvgIpc) is 2.49. The molecule has 0 saturated carbocycles. The first-order valence-corrected chi connectivity index (χ1v) is 7.13. The molecule has 0 unspecified atom stereocenters. The molecule has 120 valence electrons. The Kier molecular flexibility index (Phi) is 5.32. The molecule has 0 spiro atoms. The minimum atomic E-state index is -0.467. The van der Waals surface area contributed by atoms with E-state index < -0.39 is 17.8 Å². The summed E-state index contributed by atoms with van der Waals surface area (Å²) in [4.78, 5) is 26.9. The molecule has 1 aromatic carbocycles. The van der Waals surface area contributed by atoms with Crippen LogP contribution in [0.15, 0.2) is 24.3 Å². The molecular formula is C15H20FN3O3. The molecule has 2 amide bonds. The molecule has 1 aromatic rings. The molecule has 0 bridgehead atoms. The van der Waals surface area contributed by atoms with E-state index in [1.165, 1.54) is 12.1 Å². The van der Waals surface area contributed by atoms with Gasteiger partial charge in [0.2, 0.25) is 11.8 Å². The van der Waals surface area contributed by atoms with Crippen LogP contribution in [0.2, 0.25) is 0 Å². The van der Waals surface area contributed by atoms with Crippen molar-refractivity contribution in [1.82, 2.24) is 9.80 Å². The minimum Gasteiger partial charge on any atom is -0.490 e. The summed E-state index contributed by atoms with van der Waals surface area (Å²) in [6, 6.07) is 5.58. The van der Waals surface area contributed by atoms with Gasteiger partial charge in [-0.25, -0.2) is 4.39 Å². The predicted octanol–water partition coefficient (Wildman–Crippen LogP) is 0.222. The number of rotatable bonds is 5. The molecule has 2 N–H and O–H groups in total. The van der Waals surface area contributed by atoms with Crippen LogP contribution < -0.4 is 10.5 Å². The number of hydrogen-bond donors (Lipinski definition) is 1. The first kappa shape index (κ1) is 16.2. The van der Waals surface area contributed by atoms with Crippen LogP contribution in [0.4, 0.5) is 4.39 Å². The third-order valence-corrected chi connectivity index (χ3v) is 3.74. The summed E-state index contributed by atoms with van der Waals surface area (Å²) in [6.07, 6.45) is 0.129. The van der Waals surface area contributed by atoms with Crippen molar-refractivity contribution in [3.05, 3.63) is 30.1 Å². The van der Waals surface area contributed by atoms with Gasteiger partial charge >= 0.3 is 0 Å². The highest BCUT2D eigenvalue weighted by Crippen LogP contribution is 2.16. The molecule has 1 heterocycles.